The molecule has 0 bridgehead atoms. The van der Waals surface area contributed by atoms with Crippen molar-refractivity contribution in [2.24, 2.45) is 5.41 Å². The summed E-state index contributed by atoms with van der Waals surface area (Å²) in [6.45, 7) is 12.0. The molecule has 158 valence electrons. The highest BCUT2D eigenvalue weighted by atomic mass is 15.3. The van der Waals surface area contributed by atoms with Gasteiger partial charge < -0.3 is 4.48 Å². The molecule has 0 spiro atoms. The molecule has 0 aromatic rings. The van der Waals surface area contributed by atoms with Gasteiger partial charge in [-0.15, -0.1) is 0 Å². The fourth-order valence-electron chi connectivity index (χ4n) is 4.45. The van der Waals surface area contributed by atoms with Gasteiger partial charge in [0.2, 0.25) is 0 Å². The fourth-order valence-corrected chi connectivity index (χ4v) is 4.45. The van der Waals surface area contributed by atoms with Gasteiger partial charge in [-0.1, -0.05) is 118 Å². The van der Waals surface area contributed by atoms with E-state index in [1.165, 1.54) is 120 Å². The average molecular weight is 369 g/mol. The van der Waals surface area contributed by atoms with E-state index in [-0.39, 0.29) is 0 Å². The summed E-state index contributed by atoms with van der Waals surface area (Å²) in [6.07, 6.45) is 23.3. The van der Waals surface area contributed by atoms with Gasteiger partial charge in [-0.05, 0) is 12.8 Å². The predicted octanol–water partition coefficient (Wildman–Crippen LogP) is 8.37. The molecule has 0 atom stereocenters. The van der Waals surface area contributed by atoms with Crippen LogP contribution in [0.4, 0.5) is 0 Å². The summed E-state index contributed by atoms with van der Waals surface area (Å²) < 4.78 is 1.18. The quantitative estimate of drug-likeness (QED) is 0.168. The monoisotopic (exact) mass is 368 g/mol. The van der Waals surface area contributed by atoms with Crippen molar-refractivity contribution in [1.29, 1.82) is 0 Å². The number of hydrogen-bond acceptors (Lipinski definition) is 0. The highest BCUT2D eigenvalue weighted by Gasteiger charge is 2.23. The van der Waals surface area contributed by atoms with E-state index >= 15 is 0 Å². The molecule has 0 saturated carbocycles. The van der Waals surface area contributed by atoms with Crippen molar-refractivity contribution >= 4 is 0 Å². The lowest BCUT2D eigenvalue weighted by atomic mass is 9.95. The molecule has 1 nitrogen and oxygen atoms in total. The molecule has 0 heterocycles. The van der Waals surface area contributed by atoms with Crippen molar-refractivity contribution in [2.75, 3.05) is 27.2 Å². The van der Waals surface area contributed by atoms with E-state index in [1.807, 2.05) is 0 Å². The smallest absolute Gasteiger partial charge is 0.0831 e. The molecule has 0 fully saturated rings. The van der Waals surface area contributed by atoms with Crippen LogP contribution in [0, 0.1) is 5.41 Å². The molecule has 0 aromatic heterocycles. The van der Waals surface area contributed by atoms with Gasteiger partial charge in [0.05, 0.1) is 27.2 Å². The molecular formula is C25H54N+. The van der Waals surface area contributed by atoms with Crippen LogP contribution >= 0.6 is 0 Å². The Kier molecular flexibility index (Phi) is 15.9. The molecule has 0 amide bonds. The molecule has 0 radical (unpaired) electrons. The second kappa shape index (κ2) is 16.0. The van der Waals surface area contributed by atoms with E-state index in [1.54, 1.807) is 0 Å². The third kappa shape index (κ3) is 20.3. The number of hydrogen-bond donors (Lipinski definition) is 0. The van der Waals surface area contributed by atoms with Gasteiger partial charge >= 0.3 is 0 Å². The molecule has 0 N–H and O–H groups in total. The van der Waals surface area contributed by atoms with Gasteiger partial charge in [-0.3, -0.25) is 0 Å². The molecule has 1 heteroatoms. The van der Waals surface area contributed by atoms with Crippen LogP contribution in [0.25, 0.3) is 0 Å². The second-order valence-corrected chi connectivity index (χ2v) is 10.7. The summed E-state index contributed by atoms with van der Waals surface area (Å²) in [5.41, 5.74) is 0.443. The lowest BCUT2D eigenvalue weighted by molar-refractivity contribution is -0.896. The number of unbranched alkanes of at least 4 members (excludes halogenated alkanes) is 15. The summed E-state index contributed by atoms with van der Waals surface area (Å²) >= 11 is 0. The SMILES string of the molecule is CCCCCCCCCCCCCCCCCC[N+](C)(C)CC(C)(C)C. The van der Waals surface area contributed by atoms with Crippen molar-refractivity contribution in [1.82, 2.24) is 0 Å². The first kappa shape index (κ1) is 26.0. The average Bonchev–Trinajstić information content (AvgIpc) is 2.52. The first-order chi connectivity index (χ1) is 12.3. The van der Waals surface area contributed by atoms with E-state index in [9.17, 15) is 0 Å². The van der Waals surface area contributed by atoms with Crippen molar-refractivity contribution < 1.29 is 4.48 Å². The second-order valence-electron chi connectivity index (χ2n) is 10.7. The normalized spacial score (nSPS) is 12.7. The molecular weight excluding hydrogens is 314 g/mol. The summed E-state index contributed by atoms with van der Waals surface area (Å²) in [5.74, 6) is 0. The van der Waals surface area contributed by atoms with Crippen molar-refractivity contribution in [2.45, 2.75) is 130 Å². The maximum atomic E-state index is 2.40. The molecule has 0 aliphatic heterocycles. The van der Waals surface area contributed by atoms with Gasteiger partial charge in [0.1, 0.15) is 0 Å². The largest absolute Gasteiger partial charge is 0.328 e. The minimum Gasteiger partial charge on any atom is -0.328 e. The van der Waals surface area contributed by atoms with Gasteiger partial charge in [-0.2, -0.15) is 0 Å². The Morgan fingerprint density at radius 2 is 0.808 bits per heavy atom. The summed E-state index contributed by atoms with van der Waals surface area (Å²) in [6, 6.07) is 0. The lowest BCUT2D eigenvalue weighted by Crippen LogP contribution is -2.46. The highest BCUT2D eigenvalue weighted by Crippen LogP contribution is 2.19. The Hall–Kier alpha value is -0.0400. The van der Waals surface area contributed by atoms with Crippen LogP contribution in [-0.2, 0) is 0 Å². The molecule has 0 aliphatic carbocycles. The summed E-state index contributed by atoms with van der Waals surface area (Å²) in [4.78, 5) is 0. The zero-order valence-electron chi connectivity index (χ0n) is 19.7. The van der Waals surface area contributed by atoms with E-state index in [0.717, 1.165) is 0 Å². The van der Waals surface area contributed by atoms with Crippen molar-refractivity contribution in [3.05, 3.63) is 0 Å². The first-order valence-corrected chi connectivity index (χ1v) is 12.1. The fraction of sp³-hybridized carbons (Fsp3) is 1.00. The lowest BCUT2D eigenvalue weighted by Gasteiger charge is -2.35. The molecule has 0 unspecified atom stereocenters. The minimum absolute atomic E-state index is 0.443. The zero-order chi connectivity index (χ0) is 19.7. The van der Waals surface area contributed by atoms with Gasteiger partial charge in [0.25, 0.3) is 0 Å². The number of quaternary nitrogens is 1. The third-order valence-corrected chi connectivity index (χ3v) is 5.52. The summed E-state index contributed by atoms with van der Waals surface area (Å²) in [5, 5.41) is 0. The Morgan fingerprint density at radius 1 is 0.500 bits per heavy atom. The standard InChI is InChI=1S/C25H54N/c1-7-8-9-10-11-12-13-14-15-16-17-18-19-20-21-22-23-26(5,6)24-25(2,3)4/h7-24H2,1-6H3/q+1. The number of nitrogens with zero attached hydrogens (tertiary/aromatic N) is 1. The molecule has 0 aliphatic rings. The van der Waals surface area contributed by atoms with Crippen molar-refractivity contribution in [3.63, 3.8) is 0 Å². The van der Waals surface area contributed by atoms with Gasteiger partial charge in [0, 0.05) is 5.41 Å². The van der Waals surface area contributed by atoms with E-state index in [0.29, 0.717) is 5.41 Å². The highest BCUT2D eigenvalue weighted by molar-refractivity contribution is 4.59. The molecule has 26 heavy (non-hydrogen) atoms. The summed E-state index contributed by atoms with van der Waals surface area (Å²) in [7, 11) is 4.80. The number of rotatable bonds is 18. The van der Waals surface area contributed by atoms with E-state index in [4.69, 9.17) is 0 Å². The Bertz CT molecular complexity index is 287. The van der Waals surface area contributed by atoms with E-state index < -0.39 is 0 Å². The Morgan fingerprint density at radius 3 is 1.12 bits per heavy atom. The van der Waals surface area contributed by atoms with Crippen LogP contribution in [0.15, 0.2) is 0 Å². The Balaban J connectivity index is 3.25. The van der Waals surface area contributed by atoms with Crippen LogP contribution < -0.4 is 0 Å². The zero-order valence-corrected chi connectivity index (χ0v) is 19.7. The van der Waals surface area contributed by atoms with Crippen LogP contribution in [-0.4, -0.2) is 31.7 Å². The molecule has 0 aromatic carbocycles. The maximum Gasteiger partial charge on any atom is 0.0831 e. The third-order valence-electron chi connectivity index (χ3n) is 5.52. The topological polar surface area (TPSA) is 0 Å². The predicted molar refractivity (Wildman–Crippen MR) is 121 cm³/mol. The van der Waals surface area contributed by atoms with Gasteiger partial charge in [-0.25, -0.2) is 0 Å². The Labute approximate surface area is 167 Å². The minimum atomic E-state index is 0.443. The first-order valence-electron chi connectivity index (χ1n) is 12.1. The van der Waals surface area contributed by atoms with Crippen LogP contribution in [0.3, 0.4) is 0 Å². The molecule has 0 saturated heterocycles. The van der Waals surface area contributed by atoms with Crippen LogP contribution in [0.5, 0.6) is 0 Å². The van der Waals surface area contributed by atoms with Crippen LogP contribution in [0.1, 0.15) is 130 Å². The van der Waals surface area contributed by atoms with Crippen molar-refractivity contribution in [3.8, 4) is 0 Å². The van der Waals surface area contributed by atoms with E-state index in [2.05, 4.69) is 41.8 Å². The van der Waals surface area contributed by atoms with Crippen LogP contribution in [0.2, 0.25) is 0 Å². The van der Waals surface area contributed by atoms with Gasteiger partial charge in [0.15, 0.2) is 0 Å². The molecule has 0 rings (SSSR count). The maximum absolute atomic E-state index is 2.40.